The molecule has 90 valence electrons. The van der Waals surface area contributed by atoms with E-state index in [0.29, 0.717) is 19.2 Å². The fourth-order valence-corrected chi connectivity index (χ4v) is 1.29. The molecule has 3 N–H and O–H groups in total. The van der Waals surface area contributed by atoms with Crippen LogP contribution in [0.25, 0.3) is 0 Å². The predicted molar refractivity (Wildman–Crippen MR) is 56.2 cm³/mol. The third-order valence-electron chi connectivity index (χ3n) is 1.38. The van der Waals surface area contributed by atoms with E-state index in [1.165, 1.54) is 11.8 Å². The minimum absolute atomic E-state index is 0.230. The number of nitrogens with one attached hydrogen (secondary N) is 1. The topological polar surface area (TPSA) is 88.0 Å². The summed E-state index contributed by atoms with van der Waals surface area (Å²) in [4.78, 5) is 10.8. The molecule has 1 amide bonds. The molecule has 0 aromatic rings. The van der Waals surface area contributed by atoms with Crippen molar-refractivity contribution >= 4 is 17.7 Å². The van der Waals surface area contributed by atoms with Crippen molar-refractivity contribution in [1.29, 1.82) is 0 Å². The van der Waals surface area contributed by atoms with Crippen LogP contribution in [0.2, 0.25) is 0 Å². The van der Waals surface area contributed by atoms with Gasteiger partial charge >= 0.3 is 0 Å². The molecular weight excluding hydrogens is 222 g/mol. The van der Waals surface area contributed by atoms with Crippen LogP contribution in [0.4, 0.5) is 0 Å². The Morgan fingerprint density at radius 3 is 2.73 bits per heavy atom. The molecule has 0 aliphatic rings. The molecule has 7 heteroatoms. The summed E-state index contributed by atoms with van der Waals surface area (Å²) in [6.07, 6.45) is 0.244. The largest absolute Gasteiger partial charge is 0.377 e. The molecule has 0 fully saturated rings. The molecule has 0 saturated carbocycles. The molecule has 0 atom stereocenters. The Hall–Kier alpha value is -0.340. The van der Waals surface area contributed by atoms with Crippen LogP contribution in [0.1, 0.15) is 6.42 Å². The van der Waals surface area contributed by atoms with Crippen molar-refractivity contribution < 1.29 is 24.5 Å². The zero-order valence-electron chi connectivity index (χ0n) is 8.48. The first kappa shape index (κ1) is 14.7. The normalized spacial score (nSPS) is 10.3. The lowest BCUT2D eigenvalue weighted by atomic mass is 10.4. The van der Waals surface area contributed by atoms with Crippen LogP contribution in [0.3, 0.4) is 0 Å². The van der Waals surface area contributed by atoms with Gasteiger partial charge in [0.25, 0.3) is 0 Å². The molecule has 0 bridgehead atoms. The average molecular weight is 239 g/mol. The number of hydrogen-bond donors (Lipinski definition) is 3. The van der Waals surface area contributed by atoms with E-state index in [-0.39, 0.29) is 25.9 Å². The quantitative estimate of drug-likeness (QED) is 0.339. The minimum Gasteiger partial charge on any atom is -0.377 e. The van der Waals surface area contributed by atoms with Gasteiger partial charge in [-0.05, 0) is 0 Å². The monoisotopic (exact) mass is 239 g/mol. The molecular formula is C8H17NO5S. The molecule has 0 unspecified atom stereocenters. The first-order valence-corrected chi connectivity index (χ1v) is 5.68. The number of thioether (sulfide) groups is 1. The maximum atomic E-state index is 10.8. The summed E-state index contributed by atoms with van der Waals surface area (Å²) in [5.74, 6) is 0.996. The molecule has 15 heavy (non-hydrogen) atoms. The summed E-state index contributed by atoms with van der Waals surface area (Å²) in [7, 11) is 0. The van der Waals surface area contributed by atoms with Gasteiger partial charge in [0.05, 0.1) is 25.6 Å². The SMILES string of the molecule is O=C(CCOCSCCOCO)NCO. The number of ether oxygens (including phenoxy) is 2. The van der Waals surface area contributed by atoms with E-state index in [4.69, 9.17) is 19.7 Å². The maximum Gasteiger partial charge on any atom is 0.224 e. The average Bonchev–Trinajstić information content (AvgIpc) is 2.22. The van der Waals surface area contributed by atoms with Crippen molar-refractivity contribution in [1.82, 2.24) is 5.32 Å². The first-order valence-electron chi connectivity index (χ1n) is 4.53. The standard InChI is InChI=1S/C8H17NO5S/c10-5-9-8(12)1-2-14-7-15-4-3-13-6-11/h10-11H,1-7H2,(H,9,12). The van der Waals surface area contributed by atoms with Crippen molar-refractivity contribution in [3.63, 3.8) is 0 Å². The predicted octanol–water partition coefficient (Wildman–Crippen LogP) is -0.884. The fourth-order valence-electron chi connectivity index (χ4n) is 0.701. The molecule has 0 saturated heterocycles. The molecule has 0 rings (SSSR count). The molecule has 6 nitrogen and oxygen atoms in total. The zero-order chi connectivity index (χ0) is 11.4. The second-order valence-corrected chi connectivity index (χ2v) is 3.53. The molecule has 0 heterocycles. The van der Waals surface area contributed by atoms with Crippen LogP contribution in [0.15, 0.2) is 0 Å². The summed E-state index contributed by atoms with van der Waals surface area (Å²) in [6.45, 7) is 0.212. The molecule has 0 radical (unpaired) electrons. The lowest BCUT2D eigenvalue weighted by molar-refractivity contribution is -0.123. The Morgan fingerprint density at radius 2 is 2.07 bits per heavy atom. The van der Waals surface area contributed by atoms with Gasteiger partial charge in [-0.25, -0.2) is 0 Å². The van der Waals surface area contributed by atoms with Crippen LogP contribution in [0, 0.1) is 0 Å². The van der Waals surface area contributed by atoms with Crippen molar-refractivity contribution in [3.8, 4) is 0 Å². The van der Waals surface area contributed by atoms with E-state index >= 15 is 0 Å². The molecule has 0 aromatic heterocycles. The number of hydrogen-bond acceptors (Lipinski definition) is 6. The van der Waals surface area contributed by atoms with Crippen molar-refractivity contribution in [2.75, 3.05) is 38.4 Å². The maximum absolute atomic E-state index is 10.8. The second-order valence-electron chi connectivity index (χ2n) is 2.48. The van der Waals surface area contributed by atoms with Crippen LogP contribution >= 0.6 is 11.8 Å². The van der Waals surface area contributed by atoms with Gasteiger partial charge in [0.1, 0.15) is 13.5 Å². The number of carbonyl (C=O) groups is 1. The number of aliphatic hydroxyl groups excluding tert-OH is 2. The highest BCUT2D eigenvalue weighted by atomic mass is 32.2. The molecule has 0 aliphatic carbocycles. The third-order valence-corrected chi connectivity index (χ3v) is 2.17. The van der Waals surface area contributed by atoms with Crippen molar-refractivity contribution in [2.24, 2.45) is 0 Å². The number of carbonyl (C=O) groups excluding carboxylic acids is 1. The molecule has 0 aliphatic heterocycles. The number of rotatable bonds is 10. The van der Waals surface area contributed by atoms with E-state index in [2.05, 4.69) is 5.32 Å². The fraction of sp³-hybridized carbons (Fsp3) is 0.875. The first-order chi connectivity index (χ1) is 7.31. The van der Waals surface area contributed by atoms with Crippen LogP contribution in [0.5, 0.6) is 0 Å². The highest BCUT2D eigenvalue weighted by molar-refractivity contribution is 7.99. The Kier molecular flexibility index (Phi) is 11.5. The van der Waals surface area contributed by atoms with Gasteiger partial charge in [0.15, 0.2) is 0 Å². The van der Waals surface area contributed by atoms with Gasteiger partial charge in [0, 0.05) is 5.75 Å². The zero-order valence-corrected chi connectivity index (χ0v) is 9.29. The van der Waals surface area contributed by atoms with Gasteiger partial charge in [-0.15, -0.1) is 11.8 Å². The highest BCUT2D eigenvalue weighted by Crippen LogP contribution is 2.00. The van der Waals surface area contributed by atoms with Crippen molar-refractivity contribution in [3.05, 3.63) is 0 Å². The number of amides is 1. The van der Waals surface area contributed by atoms with E-state index in [1.807, 2.05) is 0 Å². The van der Waals surface area contributed by atoms with Gasteiger partial charge in [-0.3, -0.25) is 4.79 Å². The van der Waals surface area contributed by atoms with Crippen molar-refractivity contribution in [2.45, 2.75) is 6.42 Å². The summed E-state index contributed by atoms with van der Waals surface area (Å²) >= 11 is 1.52. The lowest BCUT2D eigenvalue weighted by Gasteiger charge is -2.04. The van der Waals surface area contributed by atoms with E-state index in [0.717, 1.165) is 5.75 Å². The Balaban J connectivity index is 3.01. The van der Waals surface area contributed by atoms with Crippen LogP contribution < -0.4 is 5.32 Å². The van der Waals surface area contributed by atoms with E-state index < -0.39 is 0 Å². The summed E-state index contributed by atoms with van der Waals surface area (Å²) < 4.78 is 9.83. The van der Waals surface area contributed by atoms with E-state index in [1.54, 1.807) is 0 Å². The second kappa shape index (κ2) is 11.7. The van der Waals surface area contributed by atoms with Gasteiger partial charge in [-0.1, -0.05) is 0 Å². The van der Waals surface area contributed by atoms with E-state index in [9.17, 15) is 4.79 Å². The van der Waals surface area contributed by atoms with Crippen LogP contribution in [-0.2, 0) is 14.3 Å². The highest BCUT2D eigenvalue weighted by Gasteiger charge is 1.98. The van der Waals surface area contributed by atoms with Crippen LogP contribution in [-0.4, -0.2) is 54.5 Å². The van der Waals surface area contributed by atoms with Gasteiger partial charge in [0.2, 0.25) is 5.91 Å². The lowest BCUT2D eigenvalue weighted by Crippen LogP contribution is -2.25. The summed E-state index contributed by atoms with van der Waals surface area (Å²) in [5.41, 5.74) is 0. The Labute approximate surface area is 92.9 Å². The number of aliphatic hydroxyl groups is 2. The minimum atomic E-state index is -0.341. The van der Waals surface area contributed by atoms with Gasteiger partial charge in [-0.2, -0.15) is 0 Å². The Morgan fingerprint density at radius 1 is 1.27 bits per heavy atom. The van der Waals surface area contributed by atoms with Gasteiger partial charge < -0.3 is 25.0 Å². The molecule has 0 spiro atoms. The summed E-state index contributed by atoms with van der Waals surface area (Å²) in [5, 5.41) is 18.9. The summed E-state index contributed by atoms with van der Waals surface area (Å²) in [6, 6.07) is 0. The third kappa shape index (κ3) is 11.6. The molecule has 0 aromatic carbocycles. The smallest absolute Gasteiger partial charge is 0.224 e. The Bertz CT molecular complexity index is 158.